The highest BCUT2D eigenvalue weighted by Crippen LogP contribution is 2.19. The molecule has 0 bridgehead atoms. The van der Waals surface area contributed by atoms with Crippen molar-refractivity contribution in [2.24, 2.45) is 0 Å². The van der Waals surface area contributed by atoms with Crippen molar-refractivity contribution in [2.45, 2.75) is 46.1 Å². The van der Waals surface area contributed by atoms with Gasteiger partial charge in [0.25, 0.3) is 0 Å². The van der Waals surface area contributed by atoms with Gasteiger partial charge in [0.15, 0.2) is 0 Å². The second-order valence-corrected chi connectivity index (χ2v) is 4.61. The minimum absolute atomic E-state index is 0.106. The second-order valence-electron chi connectivity index (χ2n) is 4.61. The number of benzene rings is 1. The average molecular weight is 192 g/mol. The van der Waals surface area contributed by atoms with Crippen LogP contribution < -0.4 is 4.74 Å². The van der Waals surface area contributed by atoms with E-state index in [0.717, 1.165) is 12.2 Å². The average Bonchev–Trinajstić information content (AvgIpc) is 2.02. The molecule has 1 aromatic carbocycles. The summed E-state index contributed by atoms with van der Waals surface area (Å²) in [6.45, 7) is 8.40. The van der Waals surface area contributed by atoms with Gasteiger partial charge in [0.1, 0.15) is 11.4 Å². The molecule has 14 heavy (non-hydrogen) atoms. The first-order valence-electron chi connectivity index (χ1n) is 5.29. The molecule has 0 amide bonds. The van der Waals surface area contributed by atoms with Crippen molar-refractivity contribution in [3.63, 3.8) is 0 Å². The molecule has 0 aliphatic heterocycles. The van der Waals surface area contributed by atoms with Gasteiger partial charge in [-0.25, -0.2) is 0 Å². The fourth-order valence-electron chi connectivity index (χ4n) is 1.41. The summed E-state index contributed by atoms with van der Waals surface area (Å²) in [5.41, 5.74) is 1.25. The predicted octanol–water partition coefficient (Wildman–Crippen LogP) is 3.82. The van der Waals surface area contributed by atoms with E-state index in [0.29, 0.717) is 0 Å². The lowest BCUT2D eigenvalue weighted by Crippen LogP contribution is -2.22. The van der Waals surface area contributed by atoms with Crippen LogP contribution in [0.3, 0.4) is 0 Å². The third-order valence-electron chi connectivity index (χ3n) is 1.86. The third-order valence-corrected chi connectivity index (χ3v) is 1.86. The van der Waals surface area contributed by atoms with E-state index in [2.05, 4.69) is 45.9 Å². The highest BCUT2D eigenvalue weighted by Gasteiger charge is 2.11. The lowest BCUT2D eigenvalue weighted by Gasteiger charge is -2.21. The quantitative estimate of drug-likeness (QED) is 0.707. The van der Waals surface area contributed by atoms with Gasteiger partial charge in [-0.1, -0.05) is 25.5 Å². The number of rotatable bonds is 3. The Bertz CT molecular complexity index is 284. The van der Waals surface area contributed by atoms with Crippen molar-refractivity contribution < 1.29 is 4.74 Å². The van der Waals surface area contributed by atoms with Crippen molar-refractivity contribution in [3.05, 3.63) is 29.8 Å². The molecule has 1 nitrogen and oxygen atoms in total. The van der Waals surface area contributed by atoms with E-state index in [-0.39, 0.29) is 5.60 Å². The van der Waals surface area contributed by atoms with E-state index in [1.165, 1.54) is 12.0 Å². The zero-order valence-corrected chi connectivity index (χ0v) is 9.63. The van der Waals surface area contributed by atoms with Gasteiger partial charge < -0.3 is 4.74 Å². The Morgan fingerprint density at radius 3 is 2.50 bits per heavy atom. The van der Waals surface area contributed by atoms with Crippen LogP contribution >= 0.6 is 0 Å². The van der Waals surface area contributed by atoms with E-state index in [4.69, 9.17) is 4.74 Å². The zero-order valence-electron chi connectivity index (χ0n) is 9.63. The first kappa shape index (κ1) is 11.1. The molecule has 0 aromatic heterocycles. The molecule has 0 atom stereocenters. The Hall–Kier alpha value is -0.980. The summed E-state index contributed by atoms with van der Waals surface area (Å²) >= 11 is 0. The van der Waals surface area contributed by atoms with Crippen LogP contribution in [0.15, 0.2) is 24.3 Å². The van der Waals surface area contributed by atoms with Gasteiger partial charge in [-0.2, -0.15) is 0 Å². The molecule has 0 N–H and O–H groups in total. The third kappa shape index (κ3) is 3.82. The number of hydrogen-bond donors (Lipinski definition) is 0. The summed E-state index contributed by atoms with van der Waals surface area (Å²) in [6, 6.07) is 8.37. The Morgan fingerprint density at radius 1 is 1.21 bits per heavy atom. The summed E-state index contributed by atoms with van der Waals surface area (Å²) in [5, 5.41) is 0. The maximum atomic E-state index is 5.79. The van der Waals surface area contributed by atoms with Crippen molar-refractivity contribution in [1.29, 1.82) is 0 Å². The fraction of sp³-hybridized carbons (Fsp3) is 0.538. The van der Waals surface area contributed by atoms with Gasteiger partial charge >= 0.3 is 0 Å². The molecule has 1 heteroatoms. The molecule has 0 radical (unpaired) electrons. The van der Waals surface area contributed by atoms with Crippen LogP contribution in [-0.2, 0) is 6.42 Å². The molecular weight excluding hydrogens is 172 g/mol. The molecule has 0 saturated carbocycles. The van der Waals surface area contributed by atoms with Crippen LogP contribution in [0.2, 0.25) is 0 Å². The molecule has 0 aliphatic rings. The van der Waals surface area contributed by atoms with Gasteiger partial charge in [-0.15, -0.1) is 0 Å². The second kappa shape index (κ2) is 4.50. The van der Waals surface area contributed by atoms with Crippen LogP contribution in [0, 0.1) is 0 Å². The van der Waals surface area contributed by atoms with Gasteiger partial charge in [0, 0.05) is 0 Å². The maximum absolute atomic E-state index is 5.79. The van der Waals surface area contributed by atoms with E-state index in [9.17, 15) is 0 Å². The minimum atomic E-state index is -0.106. The molecule has 0 unspecified atom stereocenters. The largest absolute Gasteiger partial charge is 0.488 e. The molecule has 78 valence electrons. The minimum Gasteiger partial charge on any atom is -0.488 e. The SMILES string of the molecule is CCCc1cccc(OC(C)(C)C)c1. The standard InChI is InChI=1S/C13H20O/c1-5-7-11-8-6-9-12(10-11)14-13(2,3)4/h6,8-10H,5,7H2,1-4H3. The molecule has 1 aromatic rings. The Labute approximate surface area is 87.1 Å². The van der Waals surface area contributed by atoms with Gasteiger partial charge in [0.05, 0.1) is 0 Å². The summed E-state index contributed by atoms with van der Waals surface area (Å²) in [5.74, 6) is 0.975. The molecule has 0 aliphatic carbocycles. The topological polar surface area (TPSA) is 9.23 Å². The van der Waals surface area contributed by atoms with Gasteiger partial charge in [-0.3, -0.25) is 0 Å². The molecule has 0 heterocycles. The maximum Gasteiger partial charge on any atom is 0.120 e. The molecule has 0 fully saturated rings. The van der Waals surface area contributed by atoms with E-state index in [1.807, 2.05) is 6.07 Å². The van der Waals surface area contributed by atoms with Crippen LogP contribution in [0.25, 0.3) is 0 Å². The van der Waals surface area contributed by atoms with E-state index < -0.39 is 0 Å². The molecular formula is C13H20O. The van der Waals surface area contributed by atoms with E-state index in [1.54, 1.807) is 0 Å². The lowest BCUT2D eigenvalue weighted by atomic mass is 10.1. The van der Waals surface area contributed by atoms with Crippen molar-refractivity contribution in [1.82, 2.24) is 0 Å². The first-order valence-corrected chi connectivity index (χ1v) is 5.29. The smallest absolute Gasteiger partial charge is 0.120 e. The Kier molecular flexibility index (Phi) is 3.56. The van der Waals surface area contributed by atoms with Gasteiger partial charge in [0.2, 0.25) is 0 Å². The number of ether oxygens (including phenoxy) is 1. The highest BCUT2D eigenvalue weighted by atomic mass is 16.5. The molecule has 1 rings (SSSR count). The Balaban J connectivity index is 2.73. The van der Waals surface area contributed by atoms with Crippen LogP contribution in [0.1, 0.15) is 39.7 Å². The van der Waals surface area contributed by atoms with Crippen molar-refractivity contribution in [2.75, 3.05) is 0 Å². The monoisotopic (exact) mass is 192 g/mol. The summed E-state index contributed by atoms with van der Waals surface area (Å²) < 4.78 is 5.79. The summed E-state index contributed by atoms with van der Waals surface area (Å²) in [7, 11) is 0. The van der Waals surface area contributed by atoms with Crippen molar-refractivity contribution in [3.8, 4) is 5.75 Å². The van der Waals surface area contributed by atoms with Gasteiger partial charge in [-0.05, 0) is 44.9 Å². The zero-order chi connectivity index (χ0) is 10.6. The summed E-state index contributed by atoms with van der Waals surface area (Å²) in [6.07, 6.45) is 2.31. The van der Waals surface area contributed by atoms with E-state index >= 15 is 0 Å². The molecule has 0 spiro atoms. The molecule has 0 saturated heterocycles. The van der Waals surface area contributed by atoms with Crippen LogP contribution in [0.4, 0.5) is 0 Å². The van der Waals surface area contributed by atoms with Crippen LogP contribution in [0.5, 0.6) is 5.75 Å². The predicted molar refractivity (Wildman–Crippen MR) is 60.8 cm³/mol. The van der Waals surface area contributed by atoms with Crippen LogP contribution in [-0.4, -0.2) is 5.60 Å². The highest BCUT2D eigenvalue weighted by molar-refractivity contribution is 5.29. The van der Waals surface area contributed by atoms with Crippen molar-refractivity contribution >= 4 is 0 Å². The number of hydrogen-bond acceptors (Lipinski definition) is 1. The normalized spacial score (nSPS) is 11.4. The number of aryl methyl sites for hydroxylation is 1. The lowest BCUT2D eigenvalue weighted by molar-refractivity contribution is 0.131. The summed E-state index contributed by atoms with van der Waals surface area (Å²) in [4.78, 5) is 0. The fourth-order valence-corrected chi connectivity index (χ4v) is 1.41. The first-order chi connectivity index (χ1) is 6.51. The Morgan fingerprint density at radius 2 is 1.93 bits per heavy atom.